The Morgan fingerprint density at radius 1 is 1.44 bits per heavy atom. The van der Waals surface area contributed by atoms with Gasteiger partial charge in [0.05, 0.1) is 11.0 Å². The Morgan fingerprint density at radius 3 is 2.61 bits per heavy atom. The third-order valence-electron chi connectivity index (χ3n) is 2.49. The molecule has 96 valence electrons. The molecule has 5 nitrogen and oxygen atoms in total. The molecule has 0 radical (unpaired) electrons. The predicted octanol–water partition coefficient (Wildman–Crippen LogP) is 1.45. The quantitative estimate of drug-likeness (QED) is 0.871. The highest BCUT2D eigenvalue weighted by Crippen LogP contribution is 2.23. The van der Waals surface area contributed by atoms with Crippen LogP contribution in [0.1, 0.15) is 18.9 Å². The van der Waals surface area contributed by atoms with Gasteiger partial charge in [0.1, 0.15) is 18.5 Å². The van der Waals surface area contributed by atoms with Crippen LogP contribution >= 0.6 is 0 Å². The third kappa shape index (κ3) is 2.04. The number of imidazole rings is 1. The first-order chi connectivity index (χ1) is 8.40. The summed E-state index contributed by atoms with van der Waals surface area (Å²) in [6.07, 6.45) is -1.04. The van der Waals surface area contributed by atoms with Crippen LogP contribution in [0.4, 0.5) is 8.78 Å². The van der Waals surface area contributed by atoms with E-state index in [0.717, 1.165) is 16.7 Å². The van der Waals surface area contributed by atoms with E-state index in [4.69, 9.17) is 5.11 Å². The van der Waals surface area contributed by atoms with Crippen molar-refractivity contribution in [2.45, 2.75) is 19.6 Å². The molecular formula is C11H10F2N2O3. The molecule has 1 aromatic heterocycles. The summed E-state index contributed by atoms with van der Waals surface area (Å²) >= 11 is 0. The average Bonchev–Trinajstić information content (AvgIpc) is 2.57. The van der Waals surface area contributed by atoms with Gasteiger partial charge in [0.25, 0.3) is 0 Å². The lowest BCUT2D eigenvalue weighted by Crippen LogP contribution is -2.13. The Kier molecular flexibility index (Phi) is 3.00. The number of carboxylic acids is 1. The summed E-state index contributed by atoms with van der Waals surface area (Å²) in [5, 5.41) is 18.3. The number of aliphatic carboxylic acids is 1. The van der Waals surface area contributed by atoms with Gasteiger partial charge in [-0.1, -0.05) is 0 Å². The van der Waals surface area contributed by atoms with E-state index in [-0.39, 0.29) is 16.9 Å². The number of halogens is 2. The van der Waals surface area contributed by atoms with Crippen LogP contribution < -0.4 is 0 Å². The van der Waals surface area contributed by atoms with Gasteiger partial charge in [-0.3, -0.25) is 4.79 Å². The second-order valence-corrected chi connectivity index (χ2v) is 3.88. The van der Waals surface area contributed by atoms with Crippen molar-refractivity contribution in [3.8, 4) is 0 Å². The first-order valence-corrected chi connectivity index (χ1v) is 5.15. The fraction of sp³-hybridized carbons (Fsp3) is 0.273. The molecule has 7 heteroatoms. The van der Waals surface area contributed by atoms with Gasteiger partial charge in [-0.2, -0.15) is 0 Å². The van der Waals surface area contributed by atoms with Crippen LogP contribution in [0.5, 0.6) is 0 Å². The smallest absolute Gasteiger partial charge is 0.323 e. The van der Waals surface area contributed by atoms with Crippen LogP contribution in [-0.2, 0) is 11.3 Å². The second-order valence-electron chi connectivity index (χ2n) is 3.88. The first kappa shape index (κ1) is 12.4. The summed E-state index contributed by atoms with van der Waals surface area (Å²) < 4.78 is 27.3. The van der Waals surface area contributed by atoms with Gasteiger partial charge in [0, 0.05) is 12.1 Å². The van der Waals surface area contributed by atoms with Crippen LogP contribution in [0.3, 0.4) is 0 Å². The molecule has 18 heavy (non-hydrogen) atoms. The van der Waals surface area contributed by atoms with Gasteiger partial charge in [-0.25, -0.2) is 13.8 Å². The third-order valence-corrected chi connectivity index (χ3v) is 2.49. The molecule has 0 aliphatic heterocycles. The van der Waals surface area contributed by atoms with Crippen LogP contribution in [-0.4, -0.2) is 25.7 Å². The monoisotopic (exact) mass is 256 g/mol. The lowest BCUT2D eigenvalue weighted by Gasteiger charge is -2.07. The van der Waals surface area contributed by atoms with Gasteiger partial charge in [0.2, 0.25) is 0 Å². The molecule has 2 aromatic rings. The van der Waals surface area contributed by atoms with Crippen molar-refractivity contribution in [2.75, 3.05) is 0 Å². The standard InChI is InChI=1S/C11H10F2N2O3/c1-5(16)11-14-8-2-6(12)7(13)3-9(8)15(11)4-10(17)18/h2-3,5,16H,4H2,1H3,(H,17,18). The zero-order valence-corrected chi connectivity index (χ0v) is 9.39. The fourth-order valence-corrected chi connectivity index (χ4v) is 1.76. The van der Waals surface area contributed by atoms with E-state index < -0.39 is 30.3 Å². The van der Waals surface area contributed by atoms with Crippen molar-refractivity contribution in [1.82, 2.24) is 9.55 Å². The number of aliphatic hydroxyl groups is 1. The van der Waals surface area contributed by atoms with E-state index in [2.05, 4.69) is 4.98 Å². The summed E-state index contributed by atoms with van der Waals surface area (Å²) in [5.41, 5.74) is 0.234. The van der Waals surface area contributed by atoms with Crippen LogP contribution in [0, 0.1) is 11.6 Å². The van der Waals surface area contributed by atoms with Gasteiger partial charge in [-0.15, -0.1) is 0 Å². The molecule has 1 aromatic carbocycles. The maximum atomic E-state index is 13.2. The van der Waals surface area contributed by atoms with Crippen molar-refractivity contribution in [3.63, 3.8) is 0 Å². The molecule has 0 saturated heterocycles. The van der Waals surface area contributed by atoms with Gasteiger partial charge in [-0.05, 0) is 6.92 Å². The van der Waals surface area contributed by atoms with Gasteiger partial charge in [0.15, 0.2) is 11.6 Å². The minimum Gasteiger partial charge on any atom is -0.480 e. The normalized spacial score (nSPS) is 12.9. The maximum absolute atomic E-state index is 13.2. The molecule has 0 amide bonds. The minimum absolute atomic E-state index is 0.0531. The molecule has 0 saturated carbocycles. The number of hydrogen-bond donors (Lipinski definition) is 2. The van der Waals surface area contributed by atoms with E-state index in [1.54, 1.807) is 0 Å². The van der Waals surface area contributed by atoms with Crippen LogP contribution in [0.25, 0.3) is 11.0 Å². The number of carboxylic acid groups (broad SMARTS) is 1. The molecule has 0 spiro atoms. The van der Waals surface area contributed by atoms with E-state index >= 15 is 0 Å². The van der Waals surface area contributed by atoms with E-state index in [9.17, 15) is 18.7 Å². The molecule has 1 atom stereocenters. The SMILES string of the molecule is CC(O)c1nc2cc(F)c(F)cc2n1CC(=O)O. The Labute approximate surface area is 100 Å². The van der Waals surface area contributed by atoms with E-state index in [1.165, 1.54) is 6.92 Å². The summed E-state index contributed by atoms with van der Waals surface area (Å²) in [5.74, 6) is -3.27. The maximum Gasteiger partial charge on any atom is 0.323 e. The zero-order valence-electron chi connectivity index (χ0n) is 9.39. The van der Waals surface area contributed by atoms with Crippen molar-refractivity contribution in [1.29, 1.82) is 0 Å². The Balaban J connectivity index is 2.72. The van der Waals surface area contributed by atoms with Gasteiger partial charge >= 0.3 is 5.97 Å². The molecule has 2 N–H and O–H groups in total. The highest BCUT2D eigenvalue weighted by Gasteiger charge is 2.18. The highest BCUT2D eigenvalue weighted by molar-refractivity contribution is 5.78. The number of benzene rings is 1. The van der Waals surface area contributed by atoms with Crippen molar-refractivity contribution in [2.24, 2.45) is 0 Å². The zero-order chi connectivity index (χ0) is 13.4. The molecule has 2 rings (SSSR count). The Bertz CT molecular complexity index is 622. The van der Waals surface area contributed by atoms with Crippen LogP contribution in [0.15, 0.2) is 12.1 Å². The number of carbonyl (C=O) groups is 1. The summed E-state index contributed by atoms with van der Waals surface area (Å²) in [6, 6.07) is 1.74. The second kappa shape index (κ2) is 4.34. The number of hydrogen-bond acceptors (Lipinski definition) is 3. The summed E-state index contributed by atoms with van der Waals surface area (Å²) in [4.78, 5) is 14.6. The molecular weight excluding hydrogens is 246 g/mol. The fourth-order valence-electron chi connectivity index (χ4n) is 1.76. The van der Waals surface area contributed by atoms with Crippen molar-refractivity contribution >= 4 is 17.0 Å². The molecule has 0 fully saturated rings. The first-order valence-electron chi connectivity index (χ1n) is 5.15. The number of nitrogens with zero attached hydrogens (tertiary/aromatic N) is 2. The molecule has 1 heterocycles. The van der Waals surface area contributed by atoms with E-state index in [1.807, 2.05) is 0 Å². The number of rotatable bonds is 3. The van der Waals surface area contributed by atoms with Crippen molar-refractivity contribution in [3.05, 3.63) is 29.6 Å². The molecule has 0 aliphatic rings. The Morgan fingerprint density at radius 2 is 2.06 bits per heavy atom. The number of fused-ring (bicyclic) bond motifs is 1. The highest BCUT2D eigenvalue weighted by atomic mass is 19.2. The molecule has 0 aliphatic carbocycles. The minimum atomic E-state index is -1.17. The lowest BCUT2D eigenvalue weighted by atomic mass is 10.3. The Hall–Kier alpha value is -2.02. The predicted molar refractivity (Wildman–Crippen MR) is 57.9 cm³/mol. The number of aliphatic hydroxyl groups excluding tert-OH is 1. The summed E-state index contributed by atoms with van der Waals surface area (Å²) in [6.45, 7) is 0.911. The topological polar surface area (TPSA) is 75.4 Å². The van der Waals surface area contributed by atoms with Crippen LogP contribution in [0.2, 0.25) is 0 Å². The molecule has 1 unspecified atom stereocenters. The van der Waals surface area contributed by atoms with E-state index in [0.29, 0.717) is 0 Å². The van der Waals surface area contributed by atoms with Gasteiger partial charge < -0.3 is 14.8 Å². The largest absolute Gasteiger partial charge is 0.480 e. The number of aromatic nitrogens is 2. The summed E-state index contributed by atoms with van der Waals surface area (Å²) in [7, 11) is 0. The average molecular weight is 256 g/mol. The van der Waals surface area contributed by atoms with Crippen molar-refractivity contribution < 1.29 is 23.8 Å². The lowest BCUT2D eigenvalue weighted by molar-refractivity contribution is -0.137. The molecule has 0 bridgehead atoms.